The van der Waals surface area contributed by atoms with Crippen LogP contribution in [0.2, 0.25) is 0 Å². The Hall–Kier alpha value is -1.21. The van der Waals surface area contributed by atoms with Gasteiger partial charge in [-0.2, -0.15) is 13.9 Å². The van der Waals surface area contributed by atoms with Gasteiger partial charge in [-0.1, -0.05) is 6.92 Å². The van der Waals surface area contributed by atoms with E-state index in [1.54, 1.807) is 13.8 Å². The maximum Gasteiger partial charge on any atom is 0.333 e. The normalized spacial score (nSPS) is 21.5. The topological polar surface area (TPSA) is 59.0 Å². The minimum atomic E-state index is -2.68. The predicted molar refractivity (Wildman–Crippen MR) is 82.5 cm³/mol. The van der Waals surface area contributed by atoms with E-state index in [9.17, 15) is 13.6 Å². The van der Waals surface area contributed by atoms with Crippen molar-refractivity contribution < 1.29 is 13.6 Å². The minimum Gasteiger partial charge on any atom is -0.352 e. The standard InChI is InChI=1S/C14H22F2N4O.ClH/c1-8-4-5-17-7-12(8)18-13(21)6-11-9(2)19-20(10(11)3)14(15)16;/h8,12,14,17H,4-7H2,1-3H3,(H,18,21);1H. The van der Waals surface area contributed by atoms with Crippen LogP contribution in [0, 0.1) is 19.8 Å². The molecule has 0 aliphatic carbocycles. The summed E-state index contributed by atoms with van der Waals surface area (Å²) < 4.78 is 26.2. The van der Waals surface area contributed by atoms with Crippen molar-refractivity contribution in [1.82, 2.24) is 20.4 Å². The Balaban J connectivity index is 0.00000242. The number of alkyl halides is 2. The Morgan fingerprint density at radius 2 is 2.18 bits per heavy atom. The highest BCUT2D eigenvalue weighted by molar-refractivity contribution is 5.85. The molecule has 2 heterocycles. The number of halogens is 3. The monoisotopic (exact) mass is 336 g/mol. The summed E-state index contributed by atoms with van der Waals surface area (Å²) in [5.74, 6) is 0.275. The molecule has 2 rings (SSSR count). The Labute approximate surface area is 135 Å². The lowest BCUT2D eigenvalue weighted by Crippen LogP contribution is -2.50. The molecule has 1 aliphatic rings. The molecule has 126 valence electrons. The van der Waals surface area contributed by atoms with Gasteiger partial charge in [0.25, 0.3) is 0 Å². The molecule has 1 aromatic heterocycles. The summed E-state index contributed by atoms with van der Waals surface area (Å²) in [5, 5.41) is 10.0. The van der Waals surface area contributed by atoms with Crippen molar-refractivity contribution in [3.8, 4) is 0 Å². The Morgan fingerprint density at radius 3 is 2.73 bits per heavy atom. The molecule has 1 amide bonds. The highest BCUT2D eigenvalue weighted by atomic mass is 35.5. The van der Waals surface area contributed by atoms with Gasteiger partial charge in [0.1, 0.15) is 0 Å². The highest BCUT2D eigenvalue weighted by Crippen LogP contribution is 2.20. The lowest BCUT2D eigenvalue weighted by atomic mass is 9.94. The molecule has 2 atom stereocenters. The quantitative estimate of drug-likeness (QED) is 0.884. The number of nitrogens with one attached hydrogen (secondary N) is 2. The van der Waals surface area contributed by atoms with Crippen LogP contribution in [-0.2, 0) is 11.2 Å². The van der Waals surface area contributed by atoms with Crippen LogP contribution in [0.1, 0.15) is 36.8 Å². The number of rotatable bonds is 4. The number of carbonyl (C=O) groups is 1. The van der Waals surface area contributed by atoms with Crippen molar-refractivity contribution in [3.63, 3.8) is 0 Å². The smallest absolute Gasteiger partial charge is 0.333 e. The zero-order valence-electron chi connectivity index (χ0n) is 13.0. The summed E-state index contributed by atoms with van der Waals surface area (Å²) in [7, 11) is 0. The van der Waals surface area contributed by atoms with E-state index in [4.69, 9.17) is 0 Å². The fraction of sp³-hybridized carbons (Fsp3) is 0.714. The molecule has 1 aromatic rings. The molecule has 5 nitrogen and oxygen atoms in total. The van der Waals surface area contributed by atoms with E-state index in [1.807, 2.05) is 0 Å². The average molecular weight is 337 g/mol. The van der Waals surface area contributed by atoms with Gasteiger partial charge in [0, 0.05) is 23.8 Å². The van der Waals surface area contributed by atoms with Gasteiger partial charge in [-0.25, -0.2) is 4.68 Å². The highest BCUT2D eigenvalue weighted by Gasteiger charge is 2.24. The van der Waals surface area contributed by atoms with Crippen LogP contribution in [0.5, 0.6) is 0 Å². The molecule has 1 fully saturated rings. The van der Waals surface area contributed by atoms with E-state index in [-0.39, 0.29) is 30.8 Å². The van der Waals surface area contributed by atoms with Gasteiger partial charge in [0.2, 0.25) is 5.91 Å². The van der Waals surface area contributed by atoms with E-state index in [2.05, 4.69) is 22.7 Å². The molecule has 0 spiro atoms. The average Bonchev–Trinajstić information content (AvgIpc) is 2.69. The summed E-state index contributed by atoms with van der Waals surface area (Å²) in [6.45, 7) is 4.37. The van der Waals surface area contributed by atoms with Gasteiger partial charge in [-0.15, -0.1) is 12.4 Å². The summed E-state index contributed by atoms with van der Waals surface area (Å²) >= 11 is 0. The molecule has 1 saturated heterocycles. The molecule has 1 aliphatic heterocycles. The molecular formula is C14H23ClF2N4O. The number of piperidine rings is 1. The van der Waals surface area contributed by atoms with Crippen LogP contribution in [-0.4, -0.2) is 34.8 Å². The van der Waals surface area contributed by atoms with Crippen molar-refractivity contribution in [2.75, 3.05) is 13.1 Å². The minimum absolute atomic E-state index is 0. The van der Waals surface area contributed by atoms with Crippen molar-refractivity contribution in [1.29, 1.82) is 0 Å². The number of aryl methyl sites for hydroxylation is 1. The number of carbonyl (C=O) groups excluding carboxylic acids is 1. The number of nitrogens with zero attached hydrogens (tertiary/aromatic N) is 2. The molecule has 8 heteroatoms. The third-order valence-electron chi connectivity index (χ3n) is 4.17. The molecule has 0 saturated carbocycles. The van der Waals surface area contributed by atoms with Crippen molar-refractivity contribution in [2.24, 2.45) is 5.92 Å². The van der Waals surface area contributed by atoms with Crippen LogP contribution < -0.4 is 10.6 Å². The lowest BCUT2D eigenvalue weighted by molar-refractivity contribution is -0.121. The fourth-order valence-corrected chi connectivity index (χ4v) is 2.74. The second kappa shape index (κ2) is 7.87. The van der Waals surface area contributed by atoms with Crippen molar-refractivity contribution in [2.45, 2.75) is 46.2 Å². The first kappa shape index (κ1) is 18.8. The maximum atomic E-state index is 12.8. The third kappa shape index (κ3) is 4.16. The van der Waals surface area contributed by atoms with E-state index in [0.29, 0.717) is 27.6 Å². The van der Waals surface area contributed by atoms with Gasteiger partial charge in [0.15, 0.2) is 0 Å². The molecule has 2 unspecified atom stereocenters. The Bertz CT molecular complexity index is 521. The van der Waals surface area contributed by atoms with E-state index < -0.39 is 6.55 Å². The summed E-state index contributed by atoms with van der Waals surface area (Å²) in [5.41, 5.74) is 1.43. The molecular weight excluding hydrogens is 314 g/mol. The van der Waals surface area contributed by atoms with Crippen LogP contribution in [0.25, 0.3) is 0 Å². The number of hydrogen-bond acceptors (Lipinski definition) is 3. The second-order valence-corrected chi connectivity index (χ2v) is 5.69. The zero-order valence-corrected chi connectivity index (χ0v) is 13.8. The number of hydrogen-bond donors (Lipinski definition) is 2. The predicted octanol–water partition coefficient (Wildman–Crippen LogP) is 1.97. The van der Waals surface area contributed by atoms with E-state index >= 15 is 0 Å². The SMILES string of the molecule is Cc1nn(C(F)F)c(C)c1CC(=O)NC1CNCCC1C.Cl. The summed E-state index contributed by atoms with van der Waals surface area (Å²) in [4.78, 5) is 12.1. The van der Waals surface area contributed by atoms with Crippen molar-refractivity contribution >= 4 is 18.3 Å². The summed E-state index contributed by atoms with van der Waals surface area (Å²) in [6.07, 6.45) is 1.11. The Morgan fingerprint density at radius 1 is 1.50 bits per heavy atom. The second-order valence-electron chi connectivity index (χ2n) is 5.69. The fourth-order valence-electron chi connectivity index (χ4n) is 2.74. The first-order valence-electron chi connectivity index (χ1n) is 7.23. The van der Waals surface area contributed by atoms with E-state index in [1.165, 1.54) is 0 Å². The summed E-state index contributed by atoms with van der Waals surface area (Å²) in [6, 6.07) is 0.0944. The molecule has 0 bridgehead atoms. The van der Waals surface area contributed by atoms with Crippen LogP contribution >= 0.6 is 12.4 Å². The number of aromatic nitrogens is 2. The third-order valence-corrected chi connectivity index (χ3v) is 4.17. The van der Waals surface area contributed by atoms with Gasteiger partial charge in [0.05, 0.1) is 12.1 Å². The van der Waals surface area contributed by atoms with Crippen molar-refractivity contribution in [3.05, 3.63) is 17.0 Å². The first-order chi connectivity index (χ1) is 9.90. The number of amides is 1. The van der Waals surface area contributed by atoms with Crippen LogP contribution in [0.3, 0.4) is 0 Å². The Kier molecular flexibility index (Phi) is 6.74. The molecule has 22 heavy (non-hydrogen) atoms. The first-order valence-corrected chi connectivity index (χ1v) is 7.23. The maximum absolute atomic E-state index is 12.8. The van der Waals surface area contributed by atoms with Gasteiger partial charge >= 0.3 is 6.55 Å². The molecule has 0 aromatic carbocycles. The van der Waals surface area contributed by atoms with Gasteiger partial charge in [-0.3, -0.25) is 4.79 Å². The van der Waals surface area contributed by atoms with E-state index in [0.717, 1.165) is 19.5 Å². The van der Waals surface area contributed by atoms with Crippen LogP contribution in [0.15, 0.2) is 0 Å². The largest absolute Gasteiger partial charge is 0.352 e. The van der Waals surface area contributed by atoms with Crippen LogP contribution in [0.4, 0.5) is 8.78 Å². The van der Waals surface area contributed by atoms with Gasteiger partial charge in [-0.05, 0) is 32.7 Å². The molecule has 2 N–H and O–H groups in total. The lowest BCUT2D eigenvalue weighted by Gasteiger charge is -2.30. The van der Waals surface area contributed by atoms with Gasteiger partial charge < -0.3 is 10.6 Å². The zero-order chi connectivity index (χ0) is 15.6. The molecule has 0 radical (unpaired) electrons.